The van der Waals surface area contributed by atoms with Crippen molar-refractivity contribution in [3.8, 4) is 5.75 Å². The number of amides is 4. The van der Waals surface area contributed by atoms with E-state index in [0.29, 0.717) is 18.5 Å². The molecular formula is C23H33N5O8. The molecule has 1 aromatic rings. The Balaban J connectivity index is 2.23. The molecule has 5 atom stereocenters. The molecular weight excluding hydrogens is 474 g/mol. The van der Waals surface area contributed by atoms with Gasteiger partial charge in [-0.25, -0.2) is 4.79 Å². The van der Waals surface area contributed by atoms with Gasteiger partial charge in [-0.05, 0) is 50.4 Å². The first kappa shape index (κ1) is 28.5. The number of carboxylic acids is 1. The highest BCUT2D eigenvalue weighted by Crippen LogP contribution is 2.13. The van der Waals surface area contributed by atoms with Gasteiger partial charge in [0.15, 0.2) is 6.04 Å². The number of carbonyl (C=O) groups is 5. The molecule has 0 aliphatic carbocycles. The Morgan fingerprint density at radius 1 is 1.06 bits per heavy atom. The first-order chi connectivity index (χ1) is 17.0. The Bertz CT molecular complexity index is 946. The molecule has 198 valence electrons. The molecule has 1 aliphatic rings. The van der Waals surface area contributed by atoms with Crippen molar-refractivity contribution >= 4 is 29.6 Å². The van der Waals surface area contributed by atoms with E-state index < -0.39 is 59.9 Å². The van der Waals surface area contributed by atoms with Crippen LogP contribution in [0.25, 0.3) is 0 Å². The monoisotopic (exact) mass is 507 g/mol. The second kappa shape index (κ2) is 13.4. The number of aromatic hydroxyl groups is 1. The van der Waals surface area contributed by atoms with Crippen LogP contribution in [0.1, 0.15) is 38.2 Å². The number of aliphatic hydroxyl groups excluding tert-OH is 1. The lowest BCUT2D eigenvalue weighted by atomic mass is 10.0. The molecule has 0 saturated carbocycles. The Morgan fingerprint density at radius 2 is 1.69 bits per heavy atom. The highest BCUT2D eigenvalue weighted by Gasteiger charge is 2.33. The van der Waals surface area contributed by atoms with Crippen LogP contribution in [0.2, 0.25) is 0 Å². The third-order valence-electron chi connectivity index (χ3n) is 5.74. The number of nitrogens with two attached hydrogens (primary N) is 1. The van der Waals surface area contributed by atoms with Crippen LogP contribution in [0.5, 0.6) is 5.75 Å². The lowest BCUT2D eigenvalue weighted by Crippen LogP contribution is -2.58. The van der Waals surface area contributed by atoms with Gasteiger partial charge in [0.1, 0.15) is 17.8 Å². The highest BCUT2D eigenvalue weighted by molar-refractivity contribution is 5.94. The maximum atomic E-state index is 13.1. The summed E-state index contributed by atoms with van der Waals surface area (Å²) < 4.78 is 0. The van der Waals surface area contributed by atoms with Crippen molar-refractivity contribution in [3.05, 3.63) is 29.8 Å². The number of nitrogens with one attached hydrogen (secondary N) is 4. The fourth-order valence-electron chi connectivity index (χ4n) is 3.73. The van der Waals surface area contributed by atoms with Crippen molar-refractivity contribution < 1.29 is 39.3 Å². The molecule has 13 heteroatoms. The van der Waals surface area contributed by atoms with Gasteiger partial charge < -0.3 is 42.3 Å². The van der Waals surface area contributed by atoms with Crippen LogP contribution in [-0.4, -0.2) is 81.7 Å². The zero-order chi connectivity index (χ0) is 26.8. The number of hydrogen-bond acceptors (Lipinski definition) is 8. The standard InChI is InChI=1S/C23H33N5O8/c1-12(29)19(23(35)36)28-22(34)17(11-13-4-6-14(30)7-5-13)27-21(33)16(8-9-18(24)31)26-20(32)15-3-2-10-25-15/h4-7,12,15-17,19,25,29-30H,2-3,8-11H2,1H3,(H2,24,31)(H,26,32)(H,27,33)(H,28,34)(H,35,36). The average Bonchev–Trinajstić information content (AvgIpc) is 3.35. The molecule has 1 heterocycles. The van der Waals surface area contributed by atoms with Crippen molar-refractivity contribution in [2.24, 2.45) is 5.73 Å². The number of phenols is 1. The molecule has 4 amide bonds. The molecule has 2 rings (SSSR count). The number of carbonyl (C=O) groups excluding carboxylic acids is 4. The summed E-state index contributed by atoms with van der Waals surface area (Å²) in [5, 5.41) is 38.8. The van der Waals surface area contributed by atoms with Crippen LogP contribution in [0, 0.1) is 0 Å². The van der Waals surface area contributed by atoms with Gasteiger partial charge in [-0.3, -0.25) is 19.2 Å². The normalized spacial score (nSPS) is 18.3. The van der Waals surface area contributed by atoms with Crippen LogP contribution >= 0.6 is 0 Å². The van der Waals surface area contributed by atoms with Crippen LogP contribution < -0.4 is 27.0 Å². The quantitative estimate of drug-likeness (QED) is 0.146. The number of benzene rings is 1. The van der Waals surface area contributed by atoms with Gasteiger partial charge in [0.05, 0.1) is 12.1 Å². The summed E-state index contributed by atoms with van der Waals surface area (Å²) >= 11 is 0. The lowest BCUT2D eigenvalue weighted by molar-refractivity contribution is -0.145. The zero-order valence-corrected chi connectivity index (χ0v) is 19.9. The van der Waals surface area contributed by atoms with Gasteiger partial charge in [-0.1, -0.05) is 12.1 Å². The molecule has 1 saturated heterocycles. The number of aliphatic carboxylic acids is 1. The summed E-state index contributed by atoms with van der Waals surface area (Å²) in [6, 6.07) is 1.18. The summed E-state index contributed by atoms with van der Waals surface area (Å²) in [6.07, 6.45) is -0.452. The maximum Gasteiger partial charge on any atom is 0.328 e. The molecule has 1 aromatic carbocycles. The van der Waals surface area contributed by atoms with Crippen LogP contribution in [0.3, 0.4) is 0 Å². The van der Waals surface area contributed by atoms with E-state index in [0.717, 1.165) is 6.42 Å². The third-order valence-corrected chi connectivity index (χ3v) is 5.74. The largest absolute Gasteiger partial charge is 0.508 e. The van der Waals surface area contributed by atoms with Gasteiger partial charge in [-0.15, -0.1) is 0 Å². The summed E-state index contributed by atoms with van der Waals surface area (Å²) in [5.41, 5.74) is 5.74. The van der Waals surface area contributed by atoms with E-state index in [9.17, 15) is 39.3 Å². The Hall–Kier alpha value is -3.71. The number of phenolic OH excluding ortho intramolecular Hbond substituents is 1. The maximum absolute atomic E-state index is 13.1. The number of rotatable bonds is 13. The molecule has 0 bridgehead atoms. The molecule has 9 N–H and O–H groups in total. The number of carboxylic acid groups (broad SMARTS) is 1. The van der Waals surface area contributed by atoms with Crippen molar-refractivity contribution in [1.29, 1.82) is 0 Å². The zero-order valence-electron chi connectivity index (χ0n) is 19.9. The smallest absolute Gasteiger partial charge is 0.328 e. The highest BCUT2D eigenvalue weighted by atomic mass is 16.4. The average molecular weight is 508 g/mol. The minimum Gasteiger partial charge on any atom is -0.508 e. The predicted octanol–water partition coefficient (Wildman–Crippen LogP) is -2.13. The summed E-state index contributed by atoms with van der Waals surface area (Å²) in [5.74, 6) is -4.26. The SMILES string of the molecule is CC(O)C(NC(=O)C(Cc1ccc(O)cc1)NC(=O)C(CCC(N)=O)NC(=O)C1CCCN1)C(=O)O. The molecule has 1 aliphatic heterocycles. The number of primary amides is 1. The van der Waals surface area contributed by atoms with Crippen LogP contribution in [0.15, 0.2) is 24.3 Å². The van der Waals surface area contributed by atoms with Crippen molar-refractivity contribution in [2.45, 2.75) is 69.3 Å². The second-order valence-corrected chi connectivity index (χ2v) is 8.71. The van der Waals surface area contributed by atoms with E-state index in [4.69, 9.17) is 5.73 Å². The van der Waals surface area contributed by atoms with Crippen LogP contribution in [0.4, 0.5) is 0 Å². The van der Waals surface area contributed by atoms with Gasteiger partial charge in [0, 0.05) is 12.8 Å². The fourth-order valence-corrected chi connectivity index (χ4v) is 3.73. The molecule has 0 radical (unpaired) electrons. The lowest BCUT2D eigenvalue weighted by Gasteiger charge is -2.26. The predicted molar refractivity (Wildman–Crippen MR) is 126 cm³/mol. The van der Waals surface area contributed by atoms with Crippen LogP contribution in [-0.2, 0) is 30.4 Å². The number of aliphatic hydroxyl groups is 1. The van der Waals surface area contributed by atoms with Gasteiger partial charge in [0.2, 0.25) is 23.6 Å². The molecule has 36 heavy (non-hydrogen) atoms. The third kappa shape index (κ3) is 8.82. The van der Waals surface area contributed by atoms with E-state index >= 15 is 0 Å². The van der Waals surface area contributed by atoms with Crippen molar-refractivity contribution in [1.82, 2.24) is 21.3 Å². The molecule has 0 spiro atoms. The first-order valence-electron chi connectivity index (χ1n) is 11.6. The Morgan fingerprint density at radius 3 is 2.22 bits per heavy atom. The van der Waals surface area contributed by atoms with E-state index in [1.807, 2.05) is 0 Å². The summed E-state index contributed by atoms with van der Waals surface area (Å²) in [6.45, 7) is 1.85. The summed E-state index contributed by atoms with van der Waals surface area (Å²) in [4.78, 5) is 61.4. The molecule has 5 unspecified atom stereocenters. The minimum absolute atomic E-state index is 0.0152. The Kier molecular flexibility index (Phi) is 10.6. The minimum atomic E-state index is -1.63. The van der Waals surface area contributed by atoms with E-state index in [2.05, 4.69) is 21.3 Å². The van der Waals surface area contributed by atoms with Gasteiger partial charge in [-0.2, -0.15) is 0 Å². The topological polar surface area (TPSA) is 220 Å². The van der Waals surface area contributed by atoms with E-state index in [1.54, 1.807) is 0 Å². The molecule has 1 fully saturated rings. The van der Waals surface area contributed by atoms with Crippen molar-refractivity contribution in [2.75, 3.05) is 6.54 Å². The van der Waals surface area contributed by atoms with Gasteiger partial charge >= 0.3 is 5.97 Å². The molecule has 0 aromatic heterocycles. The Labute approximate surface area is 207 Å². The van der Waals surface area contributed by atoms with Crippen molar-refractivity contribution in [3.63, 3.8) is 0 Å². The first-order valence-corrected chi connectivity index (χ1v) is 11.6. The second-order valence-electron chi connectivity index (χ2n) is 8.71. The van der Waals surface area contributed by atoms with Gasteiger partial charge in [0.25, 0.3) is 0 Å². The molecule has 13 nitrogen and oxygen atoms in total. The summed E-state index contributed by atoms with van der Waals surface area (Å²) in [7, 11) is 0. The number of hydrogen-bond donors (Lipinski definition) is 8. The fraction of sp³-hybridized carbons (Fsp3) is 0.522. The van der Waals surface area contributed by atoms with E-state index in [1.165, 1.54) is 31.2 Å². The van der Waals surface area contributed by atoms with E-state index in [-0.39, 0.29) is 25.0 Å².